The highest BCUT2D eigenvalue weighted by atomic mass is 35.5. The molecule has 0 amide bonds. The van der Waals surface area contributed by atoms with E-state index in [0.717, 1.165) is 48.9 Å². The number of hydrogen-bond acceptors (Lipinski definition) is 4. The van der Waals surface area contributed by atoms with Gasteiger partial charge in [-0.05, 0) is 37.9 Å². The van der Waals surface area contributed by atoms with Gasteiger partial charge in [0, 0.05) is 38.1 Å². The van der Waals surface area contributed by atoms with Crippen molar-refractivity contribution < 1.29 is 9.90 Å². The second kappa shape index (κ2) is 6.27. The number of halogens is 1. The molecule has 7 heteroatoms. The number of fused-ring (bicyclic) bond motifs is 2. The minimum Gasteiger partial charge on any atom is -0.481 e. The maximum absolute atomic E-state index is 12.1. The van der Waals surface area contributed by atoms with E-state index in [2.05, 4.69) is 15.3 Å². The standard InChI is InChI=1S/C18H23ClN4O2/c1-22-14-5-2-4-12(19)16(14)13(21-22)10-23-9-6-15-18(11-23,17(24)25)7-3-8-20-15/h2,4-5,15,20H,3,6-11H2,1H3,(H,24,25)/t15-,18+/m1/s1. The van der Waals surface area contributed by atoms with Crippen LogP contribution in [0.3, 0.4) is 0 Å². The molecule has 1 aromatic carbocycles. The van der Waals surface area contributed by atoms with Crippen molar-refractivity contribution in [2.45, 2.75) is 31.8 Å². The van der Waals surface area contributed by atoms with Crippen molar-refractivity contribution >= 4 is 28.5 Å². The molecule has 25 heavy (non-hydrogen) atoms. The fraction of sp³-hybridized carbons (Fsp3) is 0.556. The molecule has 2 N–H and O–H groups in total. The number of rotatable bonds is 3. The Kier molecular flexibility index (Phi) is 4.22. The molecule has 1 aromatic heterocycles. The summed E-state index contributed by atoms with van der Waals surface area (Å²) in [6.45, 7) is 2.97. The number of likely N-dealkylation sites (tertiary alicyclic amines) is 1. The third kappa shape index (κ3) is 2.72. The summed E-state index contributed by atoms with van der Waals surface area (Å²) in [6.07, 6.45) is 2.50. The lowest BCUT2D eigenvalue weighted by Gasteiger charge is -2.48. The number of aryl methyl sites for hydroxylation is 1. The zero-order valence-electron chi connectivity index (χ0n) is 14.3. The lowest BCUT2D eigenvalue weighted by atomic mass is 9.70. The van der Waals surface area contributed by atoms with Gasteiger partial charge in [0.15, 0.2) is 0 Å². The molecule has 2 saturated heterocycles. The van der Waals surface area contributed by atoms with Gasteiger partial charge in [-0.1, -0.05) is 17.7 Å². The first kappa shape index (κ1) is 16.8. The van der Waals surface area contributed by atoms with Gasteiger partial charge in [0.2, 0.25) is 0 Å². The third-order valence-corrected chi connectivity index (χ3v) is 6.11. The smallest absolute Gasteiger partial charge is 0.312 e. The first-order valence-electron chi connectivity index (χ1n) is 8.80. The minimum atomic E-state index is -0.690. The summed E-state index contributed by atoms with van der Waals surface area (Å²) >= 11 is 6.41. The average molecular weight is 363 g/mol. The van der Waals surface area contributed by atoms with Gasteiger partial charge in [-0.3, -0.25) is 14.4 Å². The number of nitrogens with one attached hydrogen (secondary N) is 1. The molecule has 2 atom stereocenters. The Morgan fingerprint density at radius 2 is 2.36 bits per heavy atom. The van der Waals surface area contributed by atoms with Crippen molar-refractivity contribution in [3.63, 3.8) is 0 Å². The van der Waals surface area contributed by atoms with Gasteiger partial charge in [-0.15, -0.1) is 0 Å². The summed E-state index contributed by atoms with van der Waals surface area (Å²) in [5.41, 5.74) is 1.24. The van der Waals surface area contributed by atoms with E-state index in [1.165, 1.54) is 0 Å². The van der Waals surface area contributed by atoms with Gasteiger partial charge < -0.3 is 10.4 Å². The number of piperidine rings is 2. The van der Waals surface area contributed by atoms with E-state index in [4.69, 9.17) is 11.6 Å². The van der Waals surface area contributed by atoms with Crippen molar-refractivity contribution in [2.75, 3.05) is 19.6 Å². The SMILES string of the molecule is Cn1nc(CN2CC[C@H]3NCCC[C@]3(C(=O)O)C2)c2c(Cl)cccc21. The molecule has 2 fully saturated rings. The van der Waals surface area contributed by atoms with Crippen LogP contribution in [0.2, 0.25) is 5.02 Å². The number of benzene rings is 1. The topological polar surface area (TPSA) is 70.4 Å². The Balaban J connectivity index is 1.63. The Labute approximate surface area is 151 Å². The monoisotopic (exact) mass is 362 g/mol. The van der Waals surface area contributed by atoms with Crippen LogP contribution >= 0.6 is 11.6 Å². The molecule has 2 aliphatic heterocycles. The molecule has 4 rings (SSSR count). The fourth-order valence-electron chi connectivity index (χ4n) is 4.54. The molecule has 2 aromatic rings. The molecular formula is C18H23ClN4O2. The van der Waals surface area contributed by atoms with E-state index in [-0.39, 0.29) is 6.04 Å². The third-order valence-electron chi connectivity index (χ3n) is 5.80. The normalized spacial score (nSPS) is 27.4. The molecule has 0 bridgehead atoms. The Morgan fingerprint density at radius 1 is 1.52 bits per heavy atom. The highest BCUT2D eigenvalue weighted by Gasteiger charge is 2.50. The molecule has 0 saturated carbocycles. The van der Waals surface area contributed by atoms with Gasteiger partial charge in [-0.25, -0.2) is 0 Å². The second-order valence-electron chi connectivity index (χ2n) is 7.28. The predicted octanol–water partition coefficient (Wildman–Crippen LogP) is 2.26. The highest BCUT2D eigenvalue weighted by molar-refractivity contribution is 6.35. The minimum absolute atomic E-state index is 0.0686. The van der Waals surface area contributed by atoms with Crippen LogP contribution < -0.4 is 5.32 Å². The van der Waals surface area contributed by atoms with E-state index >= 15 is 0 Å². The lowest BCUT2D eigenvalue weighted by Crippen LogP contribution is -2.62. The number of nitrogens with zero attached hydrogens (tertiary/aromatic N) is 3. The number of aromatic nitrogens is 2. The highest BCUT2D eigenvalue weighted by Crippen LogP contribution is 2.38. The van der Waals surface area contributed by atoms with E-state index in [1.807, 2.05) is 29.9 Å². The number of aliphatic carboxylic acids is 1. The summed E-state index contributed by atoms with van der Waals surface area (Å²) in [5.74, 6) is -0.682. The quantitative estimate of drug-likeness (QED) is 0.876. The second-order valence-corrected chi connectivity index (χ2v) is 7.68. The van der Waals surface area contributed by atoms with E-state index < -0.39 is 11.4 Å². The van der Waals surface area contributed by atoms with Crippen LogP contribution in [0.5, 0.6) is 0 Å². The van der Waals surface area contributed by atoms with Crippen LogP contribution in [-0.2, 0) is 18.4 Å². The van der Waals surface area contributed by atoms with Crippen LogP contribution in [0.25, 0.3) is 10.9 Å². The van der Waals surface area contributed by atoms with Crippen LogP contribution in [-0.4, -0.2) is 51.4 Å². The van der Waals surface area contributed by atoms with Gasteiger partial charge in [0.05, 0.1) is 21.6 Å². The number of hydrogen-bond donors (Lipinski definition) is 2. The first-order chi connectivity index (χ1) is 12.0. The first-order valence-corrected chi connectivity index (χ1v) is 9.18. The summed E-state index contributed by atoms with van der Waals surface area (Å²) in [4.78, 5) is 14.3. The summed E-state index contributed by atoms with van der Waals surface area (Å²) in [6, 6.07) is 5.88. The zero-order chi connectivity index (χ0) is 17.6. The van der Waals surface area contributed by atoms with Gasteiger partial charge in [-0.2, -0.15) is 5.10 Å². The summed E-state index contributed by atoms with van der Waals surface area (Å²) in [7, 11) is 1.91. The van der Waals surface area contributed by atoms with Crippen molar-refractivity contribution in [3.05, 3.63) is 28.9 Å². The number of carboxylic acid groups (broad SMARTS) is 1. The molecule has 134 valence electrons. The van der Waals surface area contributed by atoms with Crippen LogP contribution in [0.4, 0.5) is 0 Å². The van der Waals surface area contributed by atoms with Crippen molar-refractivity contribution in [3.8, 4) is 0 Å². The van der Waals surface area contributed by atoms with Crippen molar-refractivity contribution in [1.82, 2.24) is 20.0 Å². The van der Waals surface area contributed by atoms with Crippen molar-refractivity contribution in [1.29, 1.82) is 0 Å². The van der Waals surface area contributed by atoms with E-state index in [0.29, 0.717) is 18.1 Å². The van der Waals surface area contributed by atoms with Crippen LogP contribution in [0.1, 0.15) is 25.0 Å². The lowest BCUT2D eigenvalue weighted by molar-refractivity contribution is -0.157. The van der Waals surface area contributed by atoms with Crippen LogP contribution in [0, 0.1) is 5.41 Å². The molecule has 0 unspecified atom stereocenters. The van der Waals surface area contributed by atoms with Gasteiger partial charge in [0.1, 0.15) is 0 Å². The Morgan fingerprint density at radius 3 is 3.16 bits per heavy atom. The zero-order valence-corrected chi connectivity index (χ0v) is 15.1. The molecule has 0 aliphatic carbocycles. The fourth-order valence-corrected chi connectivity index (χ4v) is 4.82. The molecule has 0 spiro atoms. The summed E-state index contributed by atoms with van der Waals surface area (Å²) in [5, 5.41) is 19.7. The number of carboxylic acids is 1. The largest absolute Gasteiger partial charge is 0.481 e. The van der Waals surface area contributed by atoms with E-state index in [1.54, 1.807) is 0 Å². The molecule has 6 nitrogen and oxygen atoms in total. The number of carbonyl (C=O) groups is 1. The molecule has 0 radical (unpaired) electrons. The Bertz CT molecular complexity index is 821. The summed E-state index contributed by atoms with van der Waals surface area (Å²) < 4.78 is 1.85. The van der Waals surface area contributed by atoms with Crippen molar-refractivity contribution in [2.24, 2.45) is 12.5 Å². The predicted molar refractivity (Wildman–Crippen MR) is 96.7 cm³/mol. The molecular weight excluding hydrogens is 340 g/mol. The van der Waals surface area contributed by atoms with Gasteiger partial charge in [0.25, 0.3) is 0 Å². The maximum atomic E-state index is 12.1. The van der Waals surface area contributed by atoms with E-state index in [9.17, 15) is 9.90 Å². The van der Waals surface area contributed by atoms with Gasteiger partial charge >= 0.3 is 5.97 Å². The molecule has 3 heterocycles. The Hall–Kier alpha value is -1.63. The molecule has 2 aliphatic rings. The average Bonchev–Trinajstić information content (AvgIpc) is 2.91. The van der Waals surface area contributed by atoms with Crippen LogP contribution in [0.15, 0.2) is 18.2 Å². The maximum Gasteiger partial charge on any atom is 0.312 e.